The van der Waals surface area contributed by atoms with Crippen molar-refractivity contribution in [1.82, 2.24) is 5.32 Å². The number of amides is 1. The van der Waals surface area contributed by atoms with Crippen LogP contribution in [0.4, 0.5) is 10.1 Å². The zero-order chi connectivity index (χ0) is 19.3. The van der Waals surface area contributed by atoms with Gasteiger partial charge in [-0.15, -0.1) is 0 Å². The van der Waals surface area contributed by atoms with Gasteiger partial charge in [0.05, 0.1) is 6.54 Å². The summed E-state index contributed by atoms with van der Waals surface area (Å²) < 4.78 is 24.2. The first kappa shape index (κ1) is 18.7. The summed E-state index contributed by atoms with van der Waals surface area (Å²) in [6.07, 6.45) is 3.62. The molecule has 2 aromatic carbocycles. The Balaban J connectivity index is 1.49. The fourth-order valence-electron chi connectivity index (χ4n) is 3.80. The van der Waals surface area contributed by atoms with Crippen LogP contribution in [0.15, 0.2) is 42.5 Å². The van der Waals surface area contributed by atoms with Gasteiger partial charge in [-0.25, -0.2) is 4.39 Å². The number of anilines is 1. The Kier molecular flexibility index (Phi) is 5.76. The van der Waals surface area contributed by atoms with E-state index >= 15 is 0 Å². The number of nitrogens with zero attached hydrogens (tertiary/aromatic N) is 1. The lowest BCUT2D eigenvalue weighted by molar-refractivity contribution is -0.119. The zero-order valence-corrected chi connectivity index (χ0v) is 15.8. The molecule has 5 nitrogen and oxygen atoms in total. The van der Waals surface area contributed by atoms with Gasteiger partial charge >= 0.3 is 0 Å². The van der Waals surface area contributed by atoms with Gasteiger partial charge in [0, 0.05) is 12.1 Å². The molecule has 0 radical (unpaired) electrons. The van der Waals surface area contributed by atoms with Crippen LogP contribution in [0.3, 0.4) is 0 Å². The minimum absolute atomic E-state index is 0.0582. The van der Waals surface area contributed by atoms with E-state index in [9.17, 15) is 9.18 Å². The number of rotatable bonds is 6. The van der Waals surface area contributed by atoms with Crippen LogP contribution in [0.5, 0.6) is 11.5 Å². The quantitative estimate of drug-likeness (QED) is 0.822. The fourth-order valence-corrected chi connectivity index (χ4v) is 3.80. The molecule has 0 saturated carbocycles. The van der Waals surface area contributed by atoms with Gasteiger partial charge in [0.25, 0.3) is 0 Å². The molecule has 148 valence electrons. The van der Waals surface area contributed by atoms with Crippen LogP contribution in [0.25, 0.3) is 0 Å². The van der Waals surface area contributed by atoms with Crippen LogP contribution in [0, 0.1) is 11.7 Å². The maximum absolute atomic E-state index is 13.4. The number of benzene rings is 2. The van der Waals surface area contributed by atoms with Crippen LogP contribution in [0.2, 0.25) is 0 Å². The Morgan fingerprint density at radius 1 is 1.07 bits per heavy atom. The van der Waals surface area contributed by atoms with Crippen molar-refractivity contribution in [2.75, 3.05) is 24.8 Å². The zero-order valence-electron chi connectivity index (χ0n) is 15.8. The second-order valence-electron chi connectivity index (χ2n) is 7.38. The van der Waals surface area contributed by atoms with Crippen molar-refractivity contribution in [1.29, 1.82) is 0 Å². The van der Waals surface area contributed by atoms with E-state index in [1.165, 1.54) is 12.1 Å². The predicted molar refractivity (Wildman–Crippen MR) is 105 cm³/mol. The Hall–Kier alpha value is -2.60. The fraction of sp³-hybridized carbons (Fsp3) is 0.409. The lowest BCUT2D eigenvalue weighted by Crippen LogP contribution is -2.32. The summed E-state index contributed by atoms with van der Waals surface area (Å²) in [6.45, 7) is 2.68. The van der Waals surface area contributed by atoms with Crippen LogP contribution in [-0.4, -0.2) is 25.8 Å². The summed E-state index contributed by atoms with van der Waals surface area (Å²) >= 11 is 0. The molecule has 28 heavy (non-hydrogen) atoms. The van der Waals surface area contributed by atoms with Crippen molar-refractivity contribution in [3.63, 3.8) is 0 Å². The Morgan fingerprint density at radius 2 is 1.82 bits per heavy atom. The van der Waals surface area contributed by atoms with E-state index in [0.29, 0.717) is 36.1 Å². The molecule has 0 bridgehead atoms. The topological polar surface area (TPSA) is 50.8 Å². The molecular weight excluding hydrogens is 359 g/mol. The SMILES string of the molecule is O=C(CCC1CCNCC1)N(Cc1ccc2c(c1)OCO2)c1ccc(F)cc1. The van der Waals surface area contributed by atoms with Crippen LogP contribution in [-0.2, 0) is 11.3 Å². The number of ether oxygens (including phenoxy) is 2. The summed E-state index contributed by atoms with van der Waals surface area (Å²) in [7, 11) is 0. The van der Waals surface area contributed by atoms with Gasteiger partial charge in [0.15, 0.2) is 11.5 Å². The van der Waals surface area contributed by atoms with E-state index in [4.69, 9.17) is 9.47 Å². The molecule has 0 unspecified atom stereocenters. The number of carbonyl (C=O) groups is 1. The third kappa shape index (κ3) is 4.44. The lowest BCUT2D eigenvalue weighted by atomic mass is 9.93. The molecule has 2 aliphatic rings. The summed E-state index contributed by atoms with van der Waals surface area (Å²) in [5.41, 5.74) is 1.65. The summed E-state index contributed by atoms with van der Waals surface area (Å²) in [6, 6.07) is 11.8. The van der Waals surface area contributed by atoms with Crippen molar-refractivity contribution in [2.45, 2.75) is 32.2 Å². The largest absolute Gasteiger partial charge is 0.454 e. The highest BCUT2D eigenvalue weighted by Crippen LogP contribution is 2.33. The second kappa shape index (κ2) is 8.61. The minimum Gasteiger partial charge on any atom is -0.454 e. The molecule has 6 heteroatoms. The Labute approximate surface area is 164 Å². The molecule has 1 N–H and O–H groups in total. The highest BCUT2D eigenvalue weighted by Gasteiger charge is 2.21. The minimum atomic E-state index is -0.311. The number of hydrogen-bond acceptors (Lipinski definition) is 4. The van der Waals surface area contributed by atoms with Crippen molar-refractivity contribution in [3.05, 3.63) is 53.8 Å². The monoisotopic (exact) mass is 384 g/mol. The van der Waals surface area contributed by atoms with Crippen LogP contribution in [0.1, 0.15) is 31.2 Å². The molecular formula is C22H25FN2O3. The van der Waals surface area contributed by atoms with Crippen LogP contribution >= 0.6 is 0 Å². The first-order chi connectivity index (χ1) is 13.7. The average Bonchev–Trinajstić information content (AvgIpc) is 3.20. The lowest BCUT2D eigenvalue weighted by Gasteiger charge is -2.26. The molecule has 0 atom stereocenters. The first-order valence-corrected chi connectivity index (χ1v) is 9.84. The van der Waals surface area contributed by atoms with E-state index in [-0.39, 0.29) is 18.5 Å². The molecule has 2 heterocycles. The maximum atomic E-state index is 13.4. The van der Waals surface area contributed by atoms with Gasteiger partial charge in [0.2, 0.25) is 12.7 Å². The summed E-state index contributed by atoms with van der Waals surface area (Å²) in [5.74, 6) is 1.75. The molecule has 4 rings (SSSR count). The van der Waals surface area contributed by atoms with E-state index in [1.807, 2.05) is 18.2 Å². The number of piperidine rings is 1. The summed E-state index contributed by atoms with van der Waals surface area (Å²) in [5, 5.41) is 3.36. The Morgan fingerprint density at radius 3 is 2.61 bits per heavy atom. The summed E-state index contributed by atoms with van der Waals surface area (Å²) in [4.78, 5) is 14.8. The normalized spacial score (nSPS) is 16.2. The first-order valence-electron chi connectivity index (χ1n) is 9.84. The van der Waals surface area contributed by atoms with E-state index < -0.39 is 0 Å². The molecule has 1 saturated heterocycles. The second-order valence-corrected chi connectivity index (χ2v) is 7.38. The third-order valence-corrected chi connectivity index (χ3v) is 5.44. The van der Waals surface area contributed by atoms with Gasteiger partial charge in [-0.3, -0.25) is 4.79 Å². The number of carbonyl (C=O) groups excluding carboxylic acids is 1. The highest BCUT2D eigenvalue weighted by atomic mass is 19.1. The predicted octanol–water partition coefficient (Wildman–Crippen LogP) is 3.87. The van der Waals surface area contributed by atoms with Gasteiger partial charge in [0.1, 0.15) is 5.82 Å². The van der Waals surface area contributed by atoms with Crippen LogP contribution < -0.4 is 19.7 Å². The average molecular weight is 384 g/mol. The van der Waals surface area contributed by atoms with Crippen molar-refractivity contribution >= 4 is 11.6 Å². The van der Waals surface area contributed by atoms with Gasteiger partial charge in [-0.05, 0) is 80.2 Å². The van der Waals surface area contributed by atoms with Crippen molar-refractivity contribution < 1.29 is 18.7 Å². The van der Waals surface area contributed by atoms with Gasteiger partial charge in [-0.2, -0.15) is 0 Å². The molecule has 0 aromatic heterocycles. The molecule has 0 spiro atoms. The number of hydrogen-bond donors (Lipinski definition) is 1. The molecule has 2 aliphatic heterocycles. The molecule has 1 amide bonds. The number of halogens is 1. The molecule has 1 fully saturated rings. The van der Waals surface area contributed by atoms with E-state index in [0.717, 1.165) is 37.9 Å². The smallest absolute Gasteiger partial charge is 0.231 e. The number of nitrogens with one attached hydrogen (secondary N) is 1. The van der Waals surface area contributed by atoms with Crippen molar-refractivity contribution in [3.8, 4) is 11.5 Å². The highest BCUT2D eigenvalue weighted by molar-refractivity contribution is 5.93. The third-order valence-electron chi connectivity index (χ3n) is 5.44. The van der Waals surface area contributed by atoms with Crippen molar-refractivity contribution in [2.24, 2.45) is 5.92 Å². The standard InChI is InChI=1S/C22H25FN2O3/c23-18-3-5-19(6-4-18)25(22(26)8-2-16-9-11-24-12-10-16)14-17-1-7-20-21(13-17)28-15-27-20/h1,3-7,13,16,24H,2,8-12,14-15H2. The van der Waals surface area contributed by atoms with E-state index in [2.05, 4.69) is 5.32 Å². The maximum Gasteiger partial charge on any atom is 0.231 e. The molecule has 2 aromatic rings. The van der Waals surface area contributed by atoms with Gasteiger partial charge < -0.3 is 19.7 Å². The molecule has 0 aliphatic carbocycles. The Bertz CT molecular complexity index is 819. The van der Waals surface area contributed by atoms with Gasteiger partial charge in [-0.1, -0.05) is 6.07 Å². The number of fused-ring (bicyclic) bond motifs is 1. The van der Waals surface area contributed by atoms with E-state index in [1.54, 1.807) is 17.0 Å².